The molecule has 0 heterocycles. The highest BCUT2D eigenvalue weighted by molar-refractivity contribution is 5.81. The summed E-state index contributed by atoms with van der Waals surface area (Å²) in [6, 6.07) is 9.43. The van der Waals surface area contributed by atoms with Gasteiger partial charge >= 0.3 is 5.97 Å². The van der Waals surface area contributed by atoms with Crippen molar-refractivity contribution in [1.29, 1.82) is 0 Å². The molecule has 3 unspecified atom stereocenters. The minimum absolute atomic E-state index is 0.00268. The average Bonchev–Trinajstić information content (AvgIpc) is 3.32. The first-order valence-corrected chi connectivity index (χ1v) is 9.59. The van der Waals surface area contributed by atoms with E-state index in [-0.39, 0.29) is 12.0 Å². The average molecular weight is 328 g/mol. The molecule has 3 aliphatic rings. The fraction of sp³-hybridized carbons (Fsp3) is 0.667. The molecule has 1 aromatic rings. The summed E-state index contributed by atoms with van der Waals surface area (Å²) in [6.07, 6.45) is 7.37. The molecule has 5 atom stereocenters. The lowest BCUT2D eigenvalue weighted by atomic mass is 9.80. The van der Waals surface area contributed by atoms with Gasteiger partial charge in [-0.2, -0.15) is 0 Å². The summed E-state index contributed by atoms with van der Waals surface area (Å²) in [5.74, 6) is 1.40. The predicted molar refractivity (Wildman–Crippen MR) is 92.2 cm³/mol. The Labute approximate surface area is 144 Å². The molecule has 130 valence electrons. The van der Waals surface area contributed by atoms with E-state index >= 15 is 0 Å². The Kier molecular flexibility index (Phi) is 4.16. The Bertz CT molecular complexity index is 592. The van der Waals surface area contributed by atoms with Crippen LogP contribution in [0.4, 0.5) is 0 Å². The molecule has 24 heavy (non-hydrogen) atoms. The maximum atomic E-state index is 13.1. The molecule has 1 N–H and O–H groups in total. The van der Waals surface area contributed by atoms with E-state index in [0.29, 0.717) is 23.3 Å². The van der Waals surface area contributed by atoms with Crippen LogP contribution in [0.1, 0.15) is 57.4 Å². The lowest BCUT2D eigenvalue weighted by Gasteiger charge is -2.34. The Morgan fingerprint density at radius 2 is 1.83 bits per heavy atom. The zero-order chi connectivity index (χ0) is 16.7. The van der Waals surface area contributed by atoms with Crippen molar-refractivity contribution in [2.75, 3.05) is 0 Å². The van der Waals surface area contributed by atoms with Gasteiger partial charge in [0, 0.05) is 5.92 Å². The van der Waals surface area contributed by atoms with Crippen LogP contribution in [-0.4, -0.2) is 17.2 Å². The lowest BCUT2D eigenvalue weighted by Crippen LogP contribution is -2.45. The summed E-state index contributed by atoms with van der Waals surface area (Å²) in [5.41, 5.74) is -0.791. The van der Waals surface area contributed by atoms with Gasteiger partial charge in [0.1, 0.15) is 6.10 Å². The van der Waals surface area contributed by atoms with Crippen molar-refractivity contribution in [2.45, 2.75) is 63.6 Å². The van der Waals surface area contributed by atoms with Crippen LogP contribution in [0, 0.1) is 23.7 Å². The minimum Gasteiger partial charge on any atom is -0.460 e. The van der Waals surface area contributed by atoms with Crippen LogP contribution in [0.3, 0.4) is 0 Å². The van der Waals surface area contributed by atoms with Crippen molar-refractivity contribution in [3.8, 4) is 0 Å². The first-order chi connectivity index (χ1) is 11.6. The van der Waals surface area contributed by atoms with E-state index in [0.717, 1.165) is 38.5 Å². The number of aliphatic hydroxyl groups is 1. The van der Waals surface area contributed by atoms with Gasteiger partial charge < -0.3 is 9.84 Å². The van der Waals surface area contributed by atoms with Gasteiger partial charge in [-0.05, 0) is 55.4 Å². The zero-order valence-electron chi connectivity index (χ0n) is 14.5. The number of rotatable bonds is 4. The van der Waals surface area contributed by atoms with Crippen LogP contribution < -0.4 is 0 Å². The van der Waals surface area contributed by atoms with Crippen molar-refractivity contribution < 1.29 is 14.6 Å². The van der Waals surface area contributed by atoms with Gasteiger partial charge in [0.05, 0.1) is 0 Å². The number of esters is 1. The first kappa shape index (κ1) is 16.1. The number of carbonyl (C=O) groups is 1. The molecule has 4 rings (SSSR count). The number of hydrogen-bond donors (Lipinski definition) is 1. The van der Waals surface area contributed by atoms with E-state index in [1.807, 2.05) is 30.3 Å². The molecule has 3 fully saturated rings. The summed E-state index contributed by atoms with van der Waals surface area (Å²) in [4.78, 5) is 13.1. The van der Waals surface area contributed by atoms with Gasteiger partial charge in [0.25, 0.3) is 0 Å². The molecule has 0 spiro atoms. The predicted octanol–water partition coefficient (Wildman–Crippen LogP) is 4.04. The third-order valence-corrected chi connectivity index (χ3v) is 7.03. The molecule has 3 heteroatoms. The van der Waals surface area contributed by atoms with Crippen molar-refractivity contribution in [2.24, 2.45) is 23.7 Å². The number of ether oxygens (including phenoxy) is 1. The fourth-order valence-corrected chi connectivity index (χ4v) is 5.53. The molecule has 0 radical (unpaired) electrons. The van der Waals surface area contributed by atoms with Gasteiger partial charge in [-0.1, -0.05) is 50.1 Å². The van der Waals surface area contributed by atoms with E-state index < -0.39 is 11.6 Å². The third-order valence-electron chi connectivity index (χ3n) is 7.03. The van der Waals surface area contributed by atoms with Crippen molar-refractivity contribution in [3.63, 3.8) is 0 Å². The highest BCUT2D eigenvalue weighted by Crippen LogP contribution is 2.51. The molecule has 1 aromatic carbocycles. The highest BCUT2D eigenvalue weighted by atomic mass is 16.6. The SMILES string of the molecule is CC1C2CCC1[C@H](OC(=O)[C@](O)(c1ccccc1)C1CCCC1)C2. The first-order valence-electron chi connectivity index (χ1n) is 9.59. The second-order valence-corrected chi connectivity index (χ2v) is 8.15. The second kappa shape index (κ2) is 6.18. The van der Waals surface area contributed by atoms with E-state index in [9.17, 15) is 9.90 Å². The summed E-state index contributed by atoms with van der Waals surface area (Å²) < 4.78 is 5.96. The second-order valence-electron chi connectivity index (χ2n) is 8.15. The van der Waals surface area contributed by atoms with Crippen molar-refractivity contribution >= 4 is 5.97 Å². The highest BCUT2D eigenvalue weighted by Gasteiger charge is 2.52. The summed E-state index contributed by atoms with van der Waals surface area (Å²) in [6.45, 7) is 2.29. The molecule has 2 bridgehead atoms. The summed E-state index contributed by atoms with van der Waals surface area (Å²) in [7, 11) is 0. The van der Waals surface area contributed by atoms with Gasteiger partial charge in [-0.25, -0.2) is 4.79 Å². The van der Waals surface area contributed by atoms with Gasteiger partial charge in [-0.3, -0.25) is 0 Å². The normalized spacial score (nSPS) is 35.1. The molecule has 3 aliphatic carbocycles. The molecule has 0 aliphatic heterocycles. The number of benzene rings is 1. The quantitative estimate of drug-likeness (QED) is 0.849. The maximum absolute atomic E-state index is 13.1. The third kappa shape index (κ3) is 2.48. The topological polar surface area (TPSA) is 46.5 Å². The molecule has 0 saturated heterocycles. The van der Waals surface area contributed by atoms with Crippen LogP contribution in [-0.2, 0) is 15.1 Å². The number of hydrogen-bond acceptors (Lipinski definition) is 3. The van der Waals surface area contributed by atoms with E-state index in [1.165, 1.54) is 6.42 Å². The van der Waals surface area contributed by atoms with Gasteiger partial charge in [-0.15, -0.1) is 0 Å². The largest absolute Gasteiger partial charge is 0.460 e. The van der Waals surface area contributed by atoms with Crippen LogP contribution in [0.25, 0.3) is 0 Å². The summed E-state index contributed by atoms with van der Waals surface area (Å²) in [5, 5.41) is 11.5. The maximum Gasteiger partial charge on any atom is 0.343 e. The molecule has 3 saturated carbocycles. The molecule has 3 nitrogen and oxygen atoms in total. The zero-order valence-corrected chi connectivity index (χ0v) is 14.5. The van der Waals surface area contributed by atoms with E-state index in [4.69, 9.17) is 4.74 Å². The monoisotopic (exact) mass is 328 g/mol. The fourth-order valence-electron chi connectivity index (χ4n) is 5.53. The van der Waals surface area contributed by atoms with Crippen LogP contribution in [0.5, 0.6) is 0 Å². The molecule has 0 aromatic heterocycles. The van der Waals surface area contributed by atoms with Crippen LogP contribution in [0.15, 0.2) is 30.3 Å². The van der Waals surface area contributed by atoms with E-state index in [2.05, 4.69) is 6.92 Å². The van der Waals surface area contributed by atoms with Crippen LogP contribution >= 0.6 is 0 Å². The standard InChI is InChI=1S/C21H28O3/c1-14-15-11-12-18(14)19(13-15)24-20(22)21(23,17-9-5-6-10-17)16-7-3-2-4-8-16/h2-4,7-8,14-15,17-19,23H,5-6,9-13H2,1H3/t14?,15?,18?,19-,21+/m1/s1. The lowest BCUT2D eigenvalue weighted by molar-refractivity contribution is -0.182. The Morgan fingerprint density at radius 1 is 1.12 bits per heavy atom. The van der Waals surface area contributed by atoms with Gasteiger partial charge in [0.15, 0.2) is 5.60 Å². The number of fused-ring (bicyclic) bond motifs is 2. The van der Waals surface area contributed by atoms with Crippen molar-refractivity contribution in [1.82, 2.24) is 0 Å². The van der Waals surface area contributed by atoms with Crippen LogP contribution in [0.2, 0.25) is 0 Å². The molecule has 0 amide bonds. The number of carbonyl (C=O) groups excluding carboxylic acids is 1. The minimum atomic E-state index is -1.48. The van der Waals surface area contributed by atoms with E-state index in [1.54, 1.807) is 0 Å². The Morgan fingerprint density at radius 3 is 2.42 bits per heavy atom. The molecular formula is C21H28O3. The van der Waals surface area contributed by atoms with Crippen molar-refractivity contribution in [3.05, 3.63) is 35.9 Å². The summed E-state index contributed by atoms with van der Waals surface area (Å²) >= 11 is 0. The van der Waals surface area contributed by atoms with Gasteiger partial charge in [0.2, 0.25) is 0 Å². The Hall–Kier alpha value is -1.35. The Balaban J connectivity index is 1.58. The smallest absolute Gasteiger partial charge is 0.343 e. The molecular weight excluding hydrogens is 300 g/mol.